The van der Waals surface area contributed by atoms with Crippen molar-refractivity contribution >= 4 is 5.78 Å². The van der Waals surface area contributed by atoms with Gasteiger partial charge in [-0.25, -0.2) is 0 Å². The van der Waals surface area contributed by atoms with Gasteiger partial charge >= 0.3 is 0 Å². The lowest BCUT2D eigenvalue weighted by atomic mass is 9.46. The van der Waals surface area contributed by atoms with E-state index in [1.807, 2.05) is 12.2 Å². The summed E-state index contributed by atoms with van der Waals surface area (Å²) in [6.45, 7) is 15.5. The number of aliphatic hydroxyl groups is 1. The second-order valence-corrected chi connectivity index (χ2v) is 12.0. The molecule has 3 saturated carbocycles. The van der Waals surface area contributed by atoms with Crippen LogP contribution in [0.15, 0.2) is 24.3 Å². The summed E-state index contributed by atoms with van der Waals surface area (Å²) in [4.78, 5) is 12.0. The Morgan fingerprint density at radius 3 is 2.55 bits per heavy atom. The summed E-state index contributed by atoms with van der Waals surface area (Å²) in [5.41, 5.74) is 1.83. The predicted molar refractivity (Wildman–Crippen MR) is 119 cm³/mol. The highest BCUT2D eigenvalue weighted by Gasteiger charge is 2.60. The maximum atomic E-state index is 12.0. The molecule has 0 unspecified atom stereocenters. The van der Waals surface area contributed by atoms with Crippen LogP contribution in [0.5, 0.6) is 0 Å². The zero-order valence-corrected chi connectivity index (χ0v) is 19.3. The Morgan fingerprint density at radius 2 is 1.86 bits per heavy atom. The van der Waals surface area contributed by atoms with E-state index < -0.39 is 0 Å². The lowest BCUT2D eigenvalue weighted by Gasteiger charge is -2.58. The van der Waals surface area contributed by atoms with Crippen LogP contribution >= 0.6 is 0 Å². The first-order chi connectivity index (χ1) is 13.5. The molecule has 0 aliphatic heterocycles. The van der Waals surface area contributed by atoms with Gasteiger partial charge in [0.1, 0.15) is 0 Å². The van der Waals surface area contributed by atoms with Gasteiger partial charge < -0.3 is 5.11 Å². The molecule has 3 fully saturated rings. The molecule has 0 radical (unpaired) electrons. The topological polar surface area (TPSA) is 37.3 Å². The van der Waals surface area contributed by atoms with Crippen molar-refractivity contribution in [2.24, 2.45) is 45.8 Å². The van der Waals surface area contributed by atoms with Gasteiger partial charge in [0.05, 0.1) is 6.10 Å². The van der Waals surface area contributed by atoms with E-state index in [0.29, 0.717) is 23.0 Å². The Hall–Kier alpha value is -0.890. The average Bonchev–Trinajstić information content (AvgIpc) is 3.04. The summed E-state index contributed by atoms with van der Waals surface area (Å²) in [7, 11) is 0. The summed E-state index contributed by atoms with van der Waals surface area (Å²) in [6.07, 6.45) is 13.0. The standard InChI is InChI=1S/C27H42O2/c1-7-25(3,4)24(29)17(2)21-10-11-22-20-9-8-18-16-19(28)12-14-26(18,5)23(20)13-15-27(21,22)6/h7,16-17,20-24,29H,1,8-15H2,2-6H3/t17-,20-,21+,22-,23-,24+,26-,27+/m0/s1. The number of hydrogen-bond acceptors (Lipinski definition) is 2. The van der Waals surface area contributed by atoms with Gasteiger partial charge in [0, 0.05) is 11.8 Å². The normalized spacial score (nSPS) is 44.2. The van der Waals surface area contributed by atoms with Gasteiger partial charge in [0.25, 0.3) is 0 Å². The molecule has 162 valence electrons. The molecule has 1 N–H and O–H groups in total. The quantitative estimate of drug-likeness (QED) is 0.561. The highest BCUT2D eigenvalue weighted by Crippen LogP contribution is 2.67. The fourth-order valence-corrected chi connectivity index (χ4v) is 8.48. The van der Waals surface area contributed by atoms with Crippen LogP contribution < -0.4 is 0 Å². The van der Waals surface area contributed by atoms with Gasteiger partial charge in [-0.2, -0.15) is 0 Å². The molecule has 0 spiro atoms. The van der Waals surface area contributed by atoms with Crippen LogP contribution in [0.1, 0.15) is 86.0 Å². The molecular weight excluding hydrogens is 356 g/mol. The third-order valence-electron chi connectivity index (χ3n) is 10.5. The minimum atomic E-state index is -0.332. The molecule has 4 aliphatic carbocycles. The Morgan fingerprint density at radius 1 is 1.14 bits per heavy atom. The lowest BCUT2D eigenvalue weighted by Crippen LogP contribution is -2.52. The zero-order valence-electron chi connectivity index (χ0n) is 19.3. The number of aliphatic hydroxyl groups excluding tert-OH is 1. The maximum absolute atomic E-state index is 12.0. The molecule has 0 aromatic carbocycles. The number of carbonyl (C=O) groups is 1. The molecule has 29 heavy (non-hydrogen) atoms. The number of ketones is 1. The van der Waals surface area contributed by atoms with Crippen molar-refractivity contribution in [2.75, 3.05) is 0 Å². The van der Waals surface area contributed by atoms with E-state index in [1.165, 1.54) is 37.7 Å². The second kappa shape index (κ2) is 7.08. The maximum Gasteiger partial charge on any atom is 0.155 e. The van der Waals surface area contributed by atoms with Crippen molar-refractivity contribution in [3.05, 3.63) is 24.3 Å². The fourth-order valence-electron chi connectivity index (χ4n) is 8.48. The smallest absolute Gasteiger partial charge is 0.155 e. The SMILES string of the molecule is C=CC(C)(C)[C@H](O)[C@@H](C)[C@H]1CC[C@H]2[C@@H]3CCC4=CC(=O)CC[C@]4(C)[C@H]3CC[C@]12C. The van der Waals surface area contributed by atoms with Gasteiger partial charge in [-0.1, -0.05) is 46.3 Å². The highest BCUT2D eigenvalue weighted by molar-refractivity contribution is 5.91. The number of hydrogen-bond donors (Lipinski definition) is 1. The van der Waals surface area contributed by atoms with Crippen LogP contribution in [-0.2, 0) is 4.79 Å². The van der Waals surface area contributed by atoms with E-state index in [0.717, 1.165) is 37.0 Å². The molecule has 8 atom stereocenters. The molecule has 0 bridgehead atoms. The van der Waals surface area contributed by atoms with Crippen LogP contribution in [0.25, 0.3) is 0 Å². The summed E-state index contributed by atoms with van der Waals surface area (Å²) in [6, 6.07) is 0. The van der Waals surface area contributed by atoms with E-state index in [4.69, 9.17) is 0 Å². The van der Waals surface area contributed by atoms with E-state index in [2.05, 4.69) is 41.2 Å². The summed E-state index contributed by atoms with van der Waals surface area (Å²) in [5, 5.41) is 11.2. The van der Waals surface area contributed by atoms with Crippen LogP contribution in [-0.4, -0.2) is 17.0 Å². The first-order valence-corrected chi connectivity index (χ1v) is 12.1. The third kappa shape index (κ3) is 3.11. The number of allylic oxidation sites excluding steroid dienone is 1. The Balaban J connectivity index is 1.59. The number of fused-ring (bicyclic) bond motifs is 5. The van der Waals surface area contributed by atoms with Crippen LogP contribution in [0.4, 0.5) is 0 Å². The van der Waals surface area contributed by atoms with Crippen LogP contribution in [0, 0.1) is 45.8 Å². The molecule has 2 nitrogen and oxygen atoms in total. The van der Waals surface area contributed by atoms with Gasteiger partial charge in [-0.3, -0.25) is 4.79 Å². The first kappa shape index (κ1) is 21.3. The van der Waals surface area contributed by atoms with Gasteiger partial charge in [-0.15, -0.1) is 6.58 Å². The Bertz CT molecular complexity index is 718. The van der Waals surface area contributed by atoms with E-state index >= 15 is 0 Å². The molecular formula is C27H42O2. The minimum Gasteiger partial charge on any atom is -0.392 e. The van der Waals surface area contributed by atoms with Crippen molar-refractivity contribution in [1.29, 1.82) is 0 Å². The predicted octanol–water partition coefficient (Wildman–Crippen LogP) is 6.34. The van der Waals surface area contributed by atoms with E-state index in [9.17, 15) is 9.90 Å². The van der Waals surface area contributed by atoms with Gasteiger partial charge in [-0.05, 0) is 91.4 Å². The monoisotopic (exact) mass is 398 g/mol. The highest BCUT2D eigenvalue weighted by atomic mass is 16.3. The van der Waals surface area contributed by atoms with Gasteiger partial charge in [0.15, 0.2) is 5.78 Å². The first-order valence-electron chi connectivity index (χ1n) is 12.1. The molecule has 2 heteroatoms. The van der Waals surface area contributed by atoms with Crippen molar-refractivity contribution in [1.82, 2.24) is 0 Å². The van der Waals surface area contributed by atoms with Crippen molar-refractivity contribution in [3.8, 4) is 0 Å². The molecule has 0 saturated heterocycles. The minimum absolute atomic E-state index is 0.238. The zero-order chi connectivity index (χ0) is 21.2. The molecule has 4 rings (SSSR count). The fraction of sp³-hybridized carbons (Fsp3) is 0.815. The summed E-state index contributed by atoms with van der Waals surface area (Å²) in [5.74, 6) is 3.58. The third-order valence-corrected chi connectivity index (χ3v) is 10.5. The number of rotatable bonds is 4. The van der Waals surface area contributed by atoms with E-state index in [-0.39, 0.29) is 16.9 Å². The van der Waals surface area contributed by atoms with Crippen LogP contribution in [0.3, 0.4) is 0 Å². The average molecular weight is 399 g/mol. The van der Waals surface area contributed by atoms with Crippen molar-refractivity contribution in [3.63, 3.8) is 0 Å². The van der Waals surface area contributed by atoms with Crippen LogP contribution in [0.2, 0.25) is 0 Å². The summed E-state index contributed by atoms with van der Waals surface area (Å²) < 4.78 is 0. The second-order valence-electron chi connectivity index (χ2n) is 12.0. The molecule has 0 aromatic heterocycles. The largest absolute Gasteiger partial charge is 0.392 e. The Labute approximate surface area is 178 Å². The Kier molecular flexibility index (Phi) is 5.21. The van der Waals surface area contributed by atoms with Crippen molar-refractivity contribution < 1.29 is 9.90 Å². The lowest BCUT2D eigenvalue weighted by molar-refractivity contribution is -0.118. The van der Waals surface area contributed by atoms with Crippen molar-refractivity contribution in [2.45, 2.75) is 92.1 Å². The molecule has 0 amide bonds. The number of carbonyl (C=O) groups excluding carboxylic acids is 1. The van der Waals surface area contributed by atoms with Gasteiger partial charge in [0.2, 0.25) is 0 Å². The molecule has 0 aromatic rings. The molecule has 0 heterocycles. The van der Waals surface area contributed by atoms with E-state index in [1.54, 1.807) is 0 Å². The summed E-state index contributed by atoms with van der Waals surface area (Å²) >= 11 is 0. The molecule has 4 aliphatic rings.